The Morgan fingerprint density at radius 3 is 2.68 bits per heavy atom. The van der Waals surface area contributed by atoms with Gasteiger partial charge >= 0.3 is 6.03 Å². The van der Waals surface area contributed by atoms with Gasteiger partial charge in [-0.3, -0.25) is 15.1 Å². The molecular weight excluding hydrogens is 531 g/mol. The average Bonchev–Trinajstić information content (AvgIpc) is 3.03. The topological polar surface area (TPSA) is 135 Å². The first-order chi connectivity index (χ1) is 19.5. The fourth-order valence-electron chi connectivity index (χ4n) is 4.79. The number of rotatable bonds is 5. The van der Waals surface area contributed by atoms with E-state index in [1.165, 1.54) is 24.5 Å². The molecule has 13 heteroatoms. The van der Waals surface area contributed by atoms with E-state index in [2.05, 4.69) is 20.6 Å². The number of morpholine rings is 1. The number of urea groups is 1. The molecule has 2 aliphatic rings. The number of aryl methyl sites for hydroxylation is 1. The van der Waals surface area contributed by atoms with Crippen LogP contribution >= 0.6 is 0 Å². The number of nitrogens with one attached hydrogen (secondary N) is 2. The normalized spacial score (nSPS) is 18.3. The third-order valence-electron chi connectivity index (χ3n) is 6.83. The van der Waals surface area contributed by atoms with Crippen molar-refractivity contribution < 1.29 is 23.5 Å². The van der Waals surface area contributed by atoms with Crippen molar-refractivity contribution in [2.45, 2.75) is 46.3 Å². The Kier molecular flexibility index (Phi) is 7.72. The molecule has 0 saturated carbocycles. The summed E-state index contributed by atoms with van der Waals surface area (Å²) in [6.07, 6.45) is 2.91. The molecule has 3 aromatic rings. The molecule has 2 aliphatic heterocycles. The first kappa shape index (κ1) is 28.1. The summed E-state index contributed by atoms with van der Waals surface area (Å²) in [4.78, 5) is 47.5. The van der Waals surface area contributed by atoms with Crippen LogP contribution in [0.4, 0.5) is 26.6 Å². The van der Waals surface area contributed by atoms with Crippen LogP contribution < -0.4 is 20.3 Å². The lowest BCUT2D eigenvalue weighted by atomic mass is 10.0. The fourth-order valence-corrected chi connectivity index (χ4v) is 4.79. The first-order valence-electron chi connectivity index (χ1n) is 13.5. The monoisotopic (exact) mass is 564 g/mol. The van der Waals surface area contributed by atoms with Crippen molar-refractivity contribution in [2.75, 3.05) is 48.4 Å². The van der Waals surface area contributed by atoms with E-state index in [0.29, 0.717) is 50.1 Å². The van der Waals surface area contributed by atoms with Crippen LogP contribution in [0.15, 0.2) is 30.6 Å². The van der Waals surface area contributed by atoms with E-state index in [0.717, 1.165) is 0 Å². The number of likely N-dealkylation sites (N-methyl/N-ethyl adjacent to an activating group) is 1. The Morgan fingerprint density at radius 1 is 1.20 bits per heavy atom. The van der Waals surface area contributed by atoms with E-state index in [9.17, 15) is 9.59 Å². The van der Waals surface area contributed by atoms with E-state index in [4.69, 9.17) is 19.4 Å². The summed E-state index contributed by atoms with van der Waals surface area (Å²) < 4.78 is 27.3. The van der Waals surface area contributed by atoms with Gasteiger partial charge in [-0.1, -0.05) is 6.07 Å². The molecule has 2 aromatic heterocycles. The predicted molar refractivity (Wildman–Crippen MR) is 151 cm³/mol. The standard InChI is InChI=1S/C28H33FN8O4/c1-6-36-15-28(4,5)41-24-22(25(36)38)23(34-26(35-24)37-9-10-40-14-17(37)3)18-7-8-20(19(29)11-18)32-27(39)33-21-13-30-16(2)12-31-21/h7-8,11-13,17H,6,9-10,14-15H2,1-5H3,(H2,31,32,33,39). The molecule has 0 radical (unpaired) electrons. The van der Waals surface area contributed by atoms with Gasteiger partial charge in [-0.2, -0.15) is 4.98 Å². The molecule has 2 N–H and O–H groups in total. The Bertz CT molecular complexity index is 1470. The zero-order chi connectivity index (χ0) is 29.3. The second-order valence-corrected chi connectivity index (χ2v) is 10.7. The van der Waals surface area contributed by atoms with Gasteiger partial charge in [0.25, 0.3) is 5.91 Å². The SMILES string of the molecule is CCN1CC(C)(C)Oc2nc(N3CCOCC3C)nc(-c3ccc(NC(=O)Nc4cnc(C)cn4)c(F)c3)c2C1=O. The largest absolute Gasteiger partial charge is 0.469 e. The highest BCUT2D eigenvalue weighted by molar-refractivity contribution is 6.03. The average molecular weight is 565 g/mol. The summed E-state index contributed by atoms with van der Waals surface area (Å²) in [5.41, 5.74) is 0.664. The maximum absolute atomic E-state index is 15.4. The quantitative estimate of drug-likeness (QED) is 0.473. The van der Waals surface area contributed by atoms with Crippen LogP contribution in [0.5, 0.6) is 5.88 Å². The highest BCUT2D eigenvalue weighted by atomic mass is 19.1. The highest BCUT2D eigenvalue weighted by Crippen LogP contribution is 2.37. The van der Waals surface area contributed by atoms with Gasteiger partial charge in [0.15, 0.2) is 5.82 Å². The smallest absolute Gasteiger partial charge is 0.324 e. The number of ether oxygens (including phenoxy) is 2. The molecule has 0 aliphatic carbocycles. The number of fused-ring (bicyclic) bond motifs is 1. The lowest BCUT2D eigenvalue weighted by Gasteiger charge is -2.34. The molecule has 0 bridgehead atoms. The maximum Gasteiger partial charge on any atom is 0.324 e. The second-order valence-electron chi connectivity index (χ2n) is 10.7. The van der Waals surface area contributed by atoms with Crippen molar-refractivity contribution in [3.05, 3.63) is 47.7 Å². The number of aromatic nitrogens is 4. The zero-order valence-electron chi connectivity index (χ0n) is 23.7. The number of hydrogen-bond acceptors (Lipinski definition) is 9. The number of carbonyl (C=O) groups excluding carboxylic acids is 2. The first-order valence-corrected chi connectivity index (χ1v) is 13.5. The van der Waals surface area contributed by atoms with E-state index < -0.39 is 17.4 Å². The van der Waals surface area contributed by atoms with Crippen LogP contribution in [0.3, 0.4) is 0 Å². The van der Waals surface area contributed by atoms with Gasteiger partial charge in [0.2, 0.25) is 11.8 Å². The lowest BCUT2D eigenvalue weighted by Crippen LogP contribution is -2.44. The lowest BCUT2D eigenvalue weighted by molar-refractivity contribution is 0.0541. The van der Waals surface area contributed by atoms with Crippen molar-refractivity contribution in [2.24, 2.45) is 0 Å². The summed E-state index contributed by atoms with van der Waals surface area (Å²) in [6.45, 7) is 11.8. The Morgan fingerprint density at radius 2 is 2.00 bits per heavy atom. The molecule has 1 fully saturated rings. The number of amides is 3. The van der Waals surface area contributed by atoms with Crippen molar-refractivity contribution in [1.82, 2.24) is 24.8 Å². The summed E-state index contributed by atoms with van der Waals surface area (Å²) in [5, 5.41) is 5.00. The Labute approximate surface area is 237 Å². The van der Waals surface area contributed by atoms with Crippen LogP contribution in [0.2, 0.25) is 0 Å². The molecular formula is C28H33FN8O4. The number of hydrogen-bond donors (Lipinski definition) is 2. The highest BCUT2D eigenvalue weighted by Gasteiger charge is 2.38. The van der Waals surface area contributed by atoms with Crippen molar-refractivity contribution in [1.29, 1.82) is 0 Å². The van der Waals surface area contributed by atoms with E-state index in [-0.39, 0.29) is 40.6 Å². The predicted octanol–water partition coefficient (Wildman–Crippen LogP) is 3.88. The minimum Gasteiger partial charge on any atom is -0.469 e. The third-order valence-corrected chi connectivity index (χ3v) is 6.83. The van der Waals surface area contributed by atoms with Crippen molar-refractivity contribution in [3.63, 3.8) is 0 Å². The molecule has 1 aromatic carbocycles. The molecule has 216 valence electrons. The molecule has 41 heavy (non-hydrogen) atoms. The number of halogens is 1. The van der Waals surface area contributed by atoms with Crippen LogP contribution in [0, 0.1) is 12.7 Å². The van der Waals surface area contributed by atoms with Gasteiger partial charge in [-0.05, 0) is 46.8 Å². The molecule has 12 nitrogen and oxygen atoms in total. The van der Waals surface area contributed by atoms with E-state index in [1.807, 2.05) is 32.6 Å². The molecule has 1 atom stereocenters. The summed E-state index contributed by atoms with van der Waals surface area (Å²) in [6, 6.07) is 3.55. The van der Waals surface area contributed by atoms with Gasteiger partial charge < -0.3 is 24.6 Å². The number of benzene rings is 1. The molecule has 1 unspecified atom stereocenters. The molecule has 1 saturated heterocycles. The summed E-state index contributed by atoms with van der Waals surface area (Å²) >= 11 is 0. The van der Waals surface area contributed by atoms with Gasteiger partial charge in [0, 0.05) is 18.7 Å². The third kappa shape index (κ3) is 6.04. The van der Waals surface area contributed by atoms with Crippen LogP contribution in [-0.2, 0) is 4.74 Å². The van der Waals surface area contributed by atoms with Gasteiger partial charge in [0.1, 0.15) is 17.0 Å². The maximum atomic E-state index is 15.4. The summed E-state index contributed by atoms with van der Waals surface area (Å²) in [5.74, 6) is -0.275. The van der Waals surface area contributed by atoms with Crippen LogP contribution in [-0.4, -0.2) is 81.3 Å². The van der Waals surface area contributed by atoms with Crippen LogP contribution in [0.1, 0.15) is 43.7 Å². The Hall–Kier alpha value is -4.39. The minimum atomic E-state index is -0.718. The zero-order valence-corrected chi connectivity index (χ0v) is 23.7. The Balaban J connectivity index is 1.53. The fraction of sp³-hybridized carbons (Fsp3) is 0.429. The molecule has 4 heterocycles. The van der Waals surface area contributed by atoms with Gasteiger partial charge in [-0.15, -0.1) is 0 Å². The molecule has 3 amide bonds. The van der Waals surface area contributed by atoms with Gasteiger partial charge in [-0.25, -0.2) is 19.2 Å². The minimum absolute atomic E-state index is 0.0173. The summed E-state index contributed by atoms with van der Waals surface area (Å²) in [7, 11) is 0. The van der Waals surface area contributed by atoms with Crippen molar-refractivity contribution in [3.8, 4) is 17.1 Å². The number of anilines is 3. The molecule has 5 rings (SSSR count). The number of carbonyl (C=O) groups is 2. The van der Waals surface area contributed by atoms with E-state index in [1.54, 1.807) is 17.9 Å². The second kappa shape index (κ2) is 11.2. The molecule has 0 spiro atoms. The van der Waals surface area contributed by atoms with Gasteiger partial charge in [0.05, 0.1) is 55.3 Å². The van der Waals surface area contributed by atoms with Crippen molar-refractivity contribution >= 4 is 29.4 Å². The van der Waals surface area contributed by atoms with Crippen LogP contribution in [0.25, 0.3) is 11.3 Å². The van der Waals surface area contributed by atoms with E-state index >= 15 is 4.39 Å². The number of nitrogens with zero attached hydrogens (tertiary/aromatic N) is 6.